The van der Waals surface area contributed by atoms with E-state index in [0.29, 0.717) is 5.75 Å². The zero-order chi connectivity index (χ0) is 20.2. The number of aryl methyl sites for hydroxylation is 2. The molecular weight excluding hydrogens is 400 g/mol. The number of fused-ring (bicyclic) bond motifs is 1. The summed E-state index contributed by atoms with van der Waals surface area (Å²) in [5.74, 6) is 1.25. The van der Waals surface area contributed by atoms with Gasteiger partial charge in [-0.1, -0.05) is 36.9 Å². The van der Waals surface area contributed by atoms with Crippen LogP contribution in [-0.4, -0.2) is 26.4 Å². The van der Waals surface area contributed by atoms with Crippen LogP contribution in [0, 0.1) is 6.92 Å². The first-order chi connectivity index (χ1) is 14.2. The molecule has 4 rings (SSSR count). The van der Waals surface area contributed by atoms with Crippen molar-refractivity contribution in [1.82, 2.24) is 14.8 Å². The molecule has 1 amide bonds. The smallest absolute Gasteiger partial charge is 0.234 e. The van der Waals surface area contributed by atoms with Gasteiger partial charge in [-0.15, -0.1) is 21.5 Å². The van der Waals surface area contributed by atoms with Crippen LogP contribution in [0.4, 0.5) is 5.69 Å². The third-order valence-corrected chi connectivity index (χ3v) is 7.27. The fraction of sp³-hybridized carbons (Fsp3) is 0.409. The number of rotatable bonds is 7. The zero-order valence-corrected chi connectivity index (χ0v) is 18.5. The Labute approximate surface area is 179 Å². The highest BCUT2D eigenvalue weighted by atomic mass is 32.2. The van der Waals surface area contributed by atoms with Gasteiger partial charge in [-0.25, -0.2) is 0 Å². The maximum atomic E-state index is 12.4. The van der Waals surface area contributed by atoms with E-state index in [-0.39, 0.29) is 5.91 Å². The Kier molecular flexibility index (Phi) is 6.35. The van der Waals surface area contributed by atoms with Gasteiger partial charge in [0.1, 0.15) is 0 Å². The molecule has 0 radical (unpaired) electrons. The van der Waals surface area contributed by atoms with Crippen molar-refractivity contribution in [3.8, 4) is 11.4 Å². The van der Waals surface area contributed by atoms with Gasteiger partial charge in [0.25, 0.3) is 0 Å². The monoisotopic (exact) mass is 426 g/mol. The molecular formula is C22H26N4OS2. The third-order valence-electron chi connectivity index (χ3n) is 5.22. The topological polar surface area (TPSA) is 59.8 Å². The quantitative estimate of drug-likeness (QED) is 0.519. The van der Waals surface area contributed by atoms with Crippen molar-refractivity contribution in [1.29, 1.82) is 0 Å². The average molecular weight is 427 g/mol. The lowest BCUT2D eigenvalue weighted by molar-refractivity contribution is -0.113. The summed E-state index contributed by atoms with van der Waals surface area (Å²) in [4.78, 5) is 14.0. The van der Waals surface area contributed by atoms with E-state index in [1.165, 1.54) is 47.0 Å². The minimum absolute atomic E-state index is 0.0233. The van der Waals surface area contributed by atoms with E-state index in [4.69, 9.17) is 0 Å². The molecule has 0 aliphatic heterocycles. The van der Waals surface area contributed by atoms with E-state index in [1.807, 2.05) is 42.5 Å². The number of benzene rings is 1. The van der Waals surface area contributed by atoms with Crippen LogP contribution in [0.2, 0.25) is 0 Å². The van der Waals surface area contributed by atoms with Crippen LogP contribution < -0.4 is 5.32 Å². The summed E-state index contributed by atoms with van der Waals surface area (Å²) in [6.45, 7) is 5.01. The lowest BCUT2D eigenvalue weighted by atomic mass is 9.95. The molecule has 7 heteroatoms. The molecule has 0 spiro atoms. The largest absolute Gasteiger partial charge is 0.325 e. The van der Waals surface area contributed by atoms with Crippen molar-refractivity contribution in [2.45, 2.75) is 57.7 Å². The Morgan fingerprint density at radius 2 is 2.07 bits per heavy atom. The Hall–Kier alpha value is -2.12. The van der Waals surface area contributed by atoms with Crippen LogP contribution >= 0.6 is 23.1 Å². The van der Waals surface area contributed by atoms with E-state index < -0.39 is 0 Å². The number of anilines is 1. The van der Waals surface area contributed by atoms with Crippen molar-refractivity contribution in [2.24, 2.45) is 0 Å². The number of carbonyl (C=O) groups excluding carboxylic acids is 1. The second-order valence-electron chi connectivity index (χ2n) is 7.37. The first-order valence-corrected chi connectivity index (χ1v) is 12.0. The lowest BCUT2D eigenvalue weighted by Gasteiger charge is -2.14. The highest BCUT2D eigenvalue weighted by molar-refractivity contribution is 7.99. The van der Waals surface area contributed by atoms with Gasteiger partial charge in [0.15, 0.2) is 11.0 Å². The molecule has 152 valence electrons. The summed E-state index contributed by atoms with van der Waals surface area (Å²) < 4.78 is 2.18. The molecule has 29 heavy (non-hydrogen) atoms. The van der Waals surface area contributed by atoms with Crippen LogP contribution in [0.5, 0.6) is 0 Å². The average Bonchev–Trinajstić information content (AvgIpc) is 3.32. The number of carbonyl (C=O) groups is 1. The highest BCUT2D eigenvalue weighted by Gasteiger charge is 2.22. The van der Waals surface area contributed by atoms with Crippen LogP contribution in [0.1, 0.15) is 42.2 Å². The van der Waals surface area contributed by atoms with Crippen LogP contribution in [0.3, 0.4) is 0 Å². The molecule has 2 heterocycles. The van der Waals surface area contributed by atoms with Crippen LogP contribution in [-0.2, 0) is 24.2 Å². The van der Waals surface area contributed by atoms with Gasteiger partial charge >= 0.3 is 0 Å². The molecule has 1 aliphatic rings. The molecule has 1 aliphatic carbocycles. The van der Waals surface area contributed by atoms with Crippen molar-refractivity contribution >= 4 is 34.7 Å². The Bertz CT molecular complexity index is 1010. The molecule has 3 aromatic rings. The van der Waals surface area contributed by atoms with Crippen LogP contribution in [0.25, 0.3) is 11.4 Å². The predicted molar refractivity (Wildman–Crippen MR) is 121 cm³/mol. The molecule has 1 aromatic carbocycles. The first kappa shape index (κ1) is 20.2. The van der Waals surface area contributed by atoms with E-state index >= 15 is 0 Å². The molecule has 0 atom stereocenters. The van der Waals surface area contributed by atoms with Crippen molar-refractivity contribution < 1.29 is 4.79 Å². The Morgan fingerprint density at radius 1 is 1.24 bits per heavy atom. The Morgan fingerprint density at radius 3 is 2.90 bits per heavy atom. The number of aromatic nitrogens is 3. The molecule has 5 nitrogen and oxygen atoms in total. The van der Waals surface area contributed by atoms with E-state index in [0.717, 1.165) is 41.6 Å². The van der Waals surface area contributed by atoms with Gasteiger partial charge in [-0.05, 0) is 56.2 Å². The number of thioether (sulfide) groups is 1. The van der Waals surface area contributed by atoms with E-state index in [1.54, 1.807) is 0 Å². The van der Waals surface area contributed by atoms with E-state index in [2.05, 4.69) is 32.4 Å². The third kappa shape index (κ3) is 4.41. The van der Waals surface area contributed by atoms with Gasteiger partial charge in [-0.3, -0.25) is 4.79 Å². The van der Waals surface area contributed by atoms with Gasteiger partial charge in [0, 0.05) is 28.1 Å². The van der Waals surface area contributed by atoms with Gasteiger partial charge in [0.2, 0.25) is 5.91 Å². The number of hydrogen-bond acceptors (Lipinski definition) is 5. The summed E-state index contributed by atoms with van der Waals surface area (Å²) in [6.07, 6.45) is 5.85. The molecule has 2 aromatic heterocycles. The number of thiophene rings is 1. The summed E-state index contributed by atoms with van der Waals surface area (Å²) in [6, 6.07) is 7.82. The molecule has 0 saturated carbocycles. The number of hydrogen-bond donors (Lipinski definition) is 1. The summed E-state index contributed by atoms with van der Waals surface area (Å²) >= 11 is 3.31. The molecule has 1 N–H and O–H groups in total. The second kappa shape index (κ2) is 9.13. The fourth-order valence-corrected chi connectivity index (χ4v) is 5.62. The van der Waals surface area contributed by atoms with Crippen molar-refractivity contribution in [3.63, 3.8) is 0 Å². The van der Waals surface area contributed by atoms with Crippen LogP contribution in [0.15, 0.2) is 34.8 Å². The normalized spacial score (nSPS) is 13.3. The van der Waals surface area contributed by atoms with Gasteiger partial charge in [-0.2, -0.15) is 0 Å². The minimum atomic E-state index is -0.0233. The highest BCUT2D eigenvalue weighted by Crippen LogP contribution is 2.37. The number of para-hydroxylation sites is 1. The molecule has 0 saturated heterocycles. The minimum Gasteiger partial charge on any atom is -0.325 e. The van der Waals surface area contributed by atoms with Gasteiger partial charge < -0.3 is 9.88 Å². The maximum Gasteiger partial charge on any atom is 0.234 e. The lowest BCUT2D eigenvalue weighted by Crippen LogP contribution is -2.15. The number of nitrogens with zero attached hydrogens (tertiary/aromatic N) is 3. The Balaban J connectivity index is 1.50. The predicted octanol–water partition coefficient (Wildman–Crippen LogP) is 5.33. The van der Waals surface area contributed by atoms with Crippen molar-refractivity contribution in [3.05, 3.63) is 45.6 Å². The van der Waals surface area contributed by atoms with Crippen molar-refractivity contribution in [2.75, 3.05) is 11.1 Å². The standard InChI is InChI=1S/C22H26N4OS2/c1-3-12-26-21(17-13-28-19-11-7-5-9-16(17)19)24-25-22(26)29-14-20(27)23-18-10-6-4-8-15(18)2/h4,6,8,10,13H,3,5,7,9,11-12,14H2,1-2H3,(H,23,27). The second-order valence-corrected chi connectivity index (χ2v) is 9.27. The summed E-state index contributed by atoms with van der Waals surface area (Å²) in [7, 11) is 0. The molecule has 0 bridgehead atoms. The van der Waals surface area contributed by atoms with Gasteiger partial charge in [0.05, 0.1) is 5.75 Å². The number of nitrogens with one attached hydrogen (secondary N) is 1. The maximum absolute atomic E-state index is 12.4. The zero-order valence-electron chi connectivity index (χ0n) is 16.9. The SMILES string of the molecule is CCCn1c(SCC(=O)Nc2ccccc2C)nnc1-c1csc2c1CCCC2. The number of amides is 1. The fourth-order valence-electron chi connectivity index (χ4n) is 3.73. The van der Waals surface area contributed by atoms with E-state index in [9.17, 15) is 4.79 Å². The first-order valence-electron chi connectivity index (χ1n) is 10.2. The molecule has 0 fully saturated rings. The summed E-state index contributed by atoms with van der Waals surface area (Å²) in [5.41, 5.74) is 4.62. The summed E-state index contributed by atoms with van der Waals surface area (Å²) in [5, 5.41) is 15.0. The molecule has 0 unspecified atom stereocenters.